The minimum atomic E-state index is -4.28. The number of ether oxygens (including phenoxy) is 1. The maximum atomic E-state index is 11.3. The Morgan fingerprint density at radius 2 is 1.94 bits per heavy atom. The molecule has 0 bridgehead atoms. The predicted molar refractivity (Wildman–Crippen MR) is 124 cm³/mol. The first-order chi connectivity index (χ1) is 15.6. The van der Waals surface area contributed by atoms with Crippen LogP contribution in [0, 0.1) is 0 Å². The largest absolute Gasteiger partial charge is 0.506 e. The molecule has 10 nitrogen and oxygen atoms in total. The van der Waals surface area contributed by atoms with Gasteiger partial charge in [-0.3, -0.25) is 14.2 Å². The van der Waals surface area contributed by atoms with Crippen LogP contribution in [0.4, 0.5) is 16.2 Å². The summed E-state index contributed by atoms with van der Waals surface area (Å²) in [4.78, 5) is 11.3. The maximum absolute atomic E-state index is 11.3. The molecule has 1 heterocycles. The molecule has 3 unspecified atom stereocenters. The highest BCUT2D eigenvalue weighted by Gasteiger charge is 2.30. The average Bonchev–Trinajstić information content (AvgIpc) is 3.26. The highest BCUT2D eigenvalue weighted by atomic mass is 32.2. The summed E-state index contributed by atoms with van der Waals surface area (Å²) in [6.07, 6.45) is 1.75. The zero-order valence-electron chi connectivity index (χ0n) is 18.4. The number of aryl methyl sites for hydroxylation is 1. The molecular weight excluding hydrogens is 450 g/mol. The normalized spacial score (nSPS) is 19.2. The number of hydrogen-bond donors (Lipinski definition) is 5. The second-order valence-corrected chi connectivity index (χ2v) is 9.48. The number of anilines is 2. The Morgan fingerprint density at radius 3 is 2.55 bits per heavy atom. The molecule has 11 heteroatoms. The van der Waals surface area contributed by atoms with Crippen LogP contribution in [-0.4, -0.2) is 55.5 Å². The lowest BCUT2D eigenvalue weighted by Crippen LogP contribution is -2.34. The summed E-state index contributed by atoms with van der Waals surface area (Å²) in [7, 11) is -1.78. The van der Waals surface area contributed by atoms with Crippen molar-refractivity contribution in [3.05, 3.63) is 53.6 Å². The average molecular weight is 480 g/mol. The van der Waals surface area contributed by atoms with Crippen molar-refractivity contribution in [3.63, 3.8) is 0 Å². The first kappa shape index (κ1) is 24.8. The van der Waals surface area contributed by atoms with Crippen LogP contribution in [0.15, 0.2) is 42.5 Å². The maximum Gasteiger partial charge on any atom is 0.411 e. The Balaban J connectivity index is 1.53. The van der Waals surface area contributed by atoms with E-state index in [9.17, 15) is 23.4 Å². The number of phenols is 1. The van der Waals surface area contributed by atoms with Gasteiger partial charge in [0, 0.05) is 19.1 Å². The van der Waals surface area contributed by atoms with E-state index in [-0.39, 0.29) is 23.5 Å². The van der Waals surface area contributed by atoms with Gasteiger partial charge in [-0.15, -0.1) is 0 Å². The second kappa shape index (κ2) is 10.4. The van der Waals surface area contributed by atoms with E-state index < -0.39 is 22.5 Å². The molecular formula is C22H29N3O7S. The fourth-order valence-electron chi connectivity index (χ4n) is 3.91. The van der Waals surface area contributed by atoms with Crippen molar-refractivity contribution in [2.45, 2.75) is 43.9 Å². The van der Waals surface area contributed by atoms with Crippen molar-refractivity contribution in [1.82, 2.24) is 5.32 Å². The minimum absolute atomic E-state index is 0.158. The molecule has 2 aromatic rings. The summed E-state index contributed by atoms with van der Waals surface area (Å²) in [5.41, 5.74) is 2.15. The van der Waals surface area contributed by atoms with E-state index >= 15 is 0 Å². The van der Waals surface area contributed by atoms with Gasteiger partial charge < -0.3 is 20.3 Å². The summed E-state index contributed by atoms with van der Waals surface area (Å²) in [6, 6.07) is 11.6. The highest BCUT2D eigenvalue weighted by Crippen LogP contribution is 2.32. The molecule has 0 aromatic heterocycles. The first-order valence-corrected chi connectivity index (χ1v) is 11.9. The molecule has 3 atom stereocenters. The molecule has 0 saturated carbocycles. The number of phenolic OH excluding ortho intramolecular Hbond substituents is 1. The summed E-state index contributed by atoms with van der Waals surface area (Å²) >= 11 is 0. The predicted octanol–water partition coefficient (Wildman–Crippen LogP) is 2.60. The highest BCUT2D eigenvalue weighted by molar-refractivity contribution is 7.87. The standard InChI is InChI=1S/C22H29N3O7S/c1-25(33(29,30)31)17-9-4-14(5-10-17)3-7-16-8-12-19(23-16)21(27)15-6-11-18(20(26)13-15)24-22(28)32-2/h4-6,9-11,13,16,19,21,23,26-27H,3,7-8,12H2,1-2H3,(H,24,28)(H,29,30,31). The number of amides is 1. The van der Waals surface area contributed by atoms with Gasteiger partial charge in [0.25, 0.3) is 0 Å². The number of rotatable bonds is 8. The van der Waals surface area contributed by atoms with Crippen LogP contribution in [0.25, 0.3) is 0 Å². The Hall–Kier alpha value is -2.86. The number of methoxy groups -OCH3 is 1. The number of aromatic hydroxyl groups is 1. The molecule has 1 fully saturated rings. The number of carbonyl (C=O) groups is 1. The van der Waals surface area contributed by atoms with Crippen LogP contribution in [0.2, 0.25) is 0 Å². The molecule has 180 valence electrons. The molecule has 1 aliphatic rings. The number of aliphatic hydroxyl groups is 1. The molecule has 1 amide bonds. The molecule has 33 heavy (non-hydrogen) atoms. The monoisotopic (exact) mass is 479 g/mol. The van der Waals surface area contributed by atoms with Gasteiger partial charge in [0.1, 0.15) is 5.75 Å². The topological polar surface area (TPSA) is 148 Å². The summed E-state index contributed by atoms with van der Waals surface area (Å²) in [5, 5.41) is 26.7. The Bertz CT molecular complexity index is 1080. The van der Waals surface area contributed by atoms with Gasteiger partial charge >= 0.3 is 16.4 Å². The van der Waals surface area contributed by atoms with Crippen LogP contribution in [0.3, 0.4) is 0 Å². The number of carbonyl (C=O) groups excluding carboxylic acids is 1. The fraction of sp³-hybridized carbons (Fsp3) is 0.409. The van der Waals surface area contributed by atoms with Gasteiger partial charge in [-0.1, -0.05) is 18.2 Å². The summed E-state index contributed by atoms with van der Waals surface area (Å²) in [6.45, 7) is 0. The van der Waals surface area contributed by atoms with E-state index in [4.69, 9.17) is 4.55 Å². The summed E-state index contributed by atoms with van der Waals surface area (Å²) in [5.74, 6) is -0.158. The first-order valence-electron chi connectivity index (χ1n) is 10.5. The SMILES string of the molecule is COC(=O)Nc1ccc(C(O)C2CCC(CCc3ccc(N(C)S(=O)(=O)O)cc3)N2)cc1O. The van der Waals surface area contributed by atoms with Gasteiger partial charge in [0.15, 0.2) is 0 Å². The number of hydrogen-bond acceptors (Lipinski definition) is 7. The zero-order valence-corrected chi connectivity index (χ0v) is 19.2. The Kier molecular flexibility index (Phi) is 7.80. The minimum Gasteiger partial charge on any atom is -0.506 e. The molecule has 1 saturated heterocycles. The molecule has 1 aliphatic heterocycles. The molecule has 0 radical (unpaired) electrons. The third-order valence-corrected chi connectivity index (χ3v) is 6.77. The van der Waals surface area contributed by atoms with Gasteiger partial charge in [-0.05, 0) is 61.1 Å². The van der Waals surface area contributed by atoms with Gasteiger partial charge in [-0.2, -0.15) is 8.42 Å². The lowest BCUT2D eigenvalue weighted by molar-refractivity contribution is 0.134. The number of nitrogens with one attached hydrogen (secondary N) is 2. The molecule has 3 rings (SSSR count). The fourth-order valence-corrected chi connectivity index (χ4v) is 4.29. The number of benzene rings is 2. The smallest absolute Gasteiger partial charge is 0.411 e. The zero-order chi connectivity index (χ0) is 24.2. The number of nitrogens with zero attached hydrogens (tertiary/aromatic N) is 1. The van der Waals surface area contributed by atoms with E-state index in [1.165, 1.54) is 26.3 Å². The van der Waals surface area contributed by atoms with Crippen LogP contribution in [0.1, 0.15) is 36.5 Å². The van der Waals surface area contributed by atoms with Crippen LogP contribution < -0.4 is 14.9 Å². The van der Waals surface area contributed by atoms with Gasteiger partial charge in [0.05, 0.1) is 24.6 Å². The van der Waals surface area contributed by atoms with Crippen LogP contribution >= 0.6 is 0 Å². The van der Waals surface area contributed by atoms with Crippen molar-refractivity contribution in [3.8, 4) is 5.75 Å². The lowest BCUT2D eigenvalue weighted by Gasteiger charge is -2.21. The van der Waals surface area contributed by atoms with Gasteiger partial charge in [0.2, 0.25) is 0 Å². The lowest BCUT2D eigenvalue weighted by atomic mass is 10.00. The third kappa shape index (κ3) is 6.35. The van der Waals surface area contributed by atoms with Crippen LogP contribution in [0.5, 0.6) is 5.75 Å². The van der Waals surface area contributed by atoms with Gasteiger partial charge in [-0.25, -0.2) is 4.79 Å². The summed E-state index contributed by atoms with van der Waals surface area (Å²) < 4.78 is 36.8. The van der Waals surface area contributed by atoms with E-state index in [0.717, 1.165) is 35.6 Å². The Morgan fingerprint density at radius 1 is 1.24 bits per heavy atom. The second-order valence-electron chi connectivity index (χ2n) is 8.04. The van der Waals surface area contributed by atoms with E-state index in [2.05, 4.69) is 15.4 Å². The van der Waals surface area contributed by atoms with Crippen molar-refractivity contribution in [1.29, 1.82) is 0 Å². The Labute approximate surface area is 193 Å². The van der Waals surface area contributed by atoms with Crippen molar-refractivity contribution in [2.75, 3.05) is 23.8 Å². The van der Waals surface area contributed by atoms with Crippen molar-refractivity contribution >= 4 is 27.8 Å². The van der Waals surface area contributed by atoms with E-state index in [1.807, 2.05) is 12.1 Å². The van der Waals surface area contributed by atoms with E-state index in [1.54, 1.807) is 18.2 Å². The molecule has 0 spiro atoms. The number of aliphatic hydroxyl groups excluding tert-OH is 1. The molecule has 5 N–H and O–H groups in total. The van der Waals surface area contributed by atoms with E-state index in [0.29, 0.717) is 11.3 Å². The third-order valence-electron chi connectivity index (χ3n) is 5.87. The van der Waals surface area contributed by atoms with Crippen molar-refractivity contribution < 1.29 is 32.7 Å². The quantitative estimate of drug-likeness (QED) is 0.287. The van der Waals surface area contributed by atoms with Crippen LogP contribution in [-0.2, 0) is 21.5 Å². The molecule has 2 aromatic carbocycles. The molecule has 0 aliphatic carbocycles. The van der Waals surface area contributed by atoms with Crippen molar-refractivity contribution in [2.24, 2.45) is 0 Å².